The van der Waals surface area contributed by atoms with E-state index in [1.807, 2.05) is 48.6 Å². The second kappa shape index (κ2) is 49.9. The van der Waals surface area contributed by atoms with Gasteiger partial charge in [-0.3, -0.25) is 9.59 Å². The lowest BCUT2D eigenvalue weighted by atomic mass is 9.99. The first-order chi connectivity index (χ1) is 36.2. The summed E-state index contributed by atoms with van der Waals surface area (Å²) in [6.45, 7) is 5.46. The largest absolute Gasteiger partial charge is 0.454 e. The van der Waals surface area contributed by atoms with Gasteiger partial charge in [-0.2, -0.15) is 0 Å². The van der Waals surface area contributed by atoms with Crippen molar-refractivity contribution in [2.24, 2.45) is 0 Å². The van der Waals surface area contributed by atoms with Crippen molar-refractivity contribution in [2.45, 2.75) is 250 Å². The van der Waals surface area contributed by atoms with E-state index >= 15 is 0 Å². The molecule has 11 heteroatoms. The number of rotatable bonds is 46. The quantitative estimate of drug-likeness (QED) is 0.0149. The fourth-order valence-corrected chi connectivity index (χ4v) is 8.16. The number of unbranched alkanes of at least 4 members (excludes halogenated alkanes) is 17. The summed E-state index contributed by atoms with van der Waals surface area (Å²) in [7, 11) is 0. The van der Waals surface area contributed by atoms with E-state index in [-0.39, 0.29) is 19.4 Å². The van der Waals surface area contributed by atoms with Gasteiger partial charge in [-0.1, -0.05) is 226 Å². The molecule has 1 amide bonds. The summed E-state index contributed by atoms with van der Waals surface area (Å²) in [5.74, 6) is -1.27. The van der Waals surface area contributed by atoms with Gasteiger partial charge in [0.1, 0.15) is 24.4 Å². The molecule has 0 radical (unpaired) electrons. The zero-order valence-corrected chi connectivity index (χ0v) is 46.2. The molecule has 0 aliphatic carbocycles. The lowest BCUT2D eigenvalue weighted by molar-refractivity contribution is -0.305. The molecule has 0 spiro atoms. The Hall–Kier alpha value is -3.94. The van der Waals surface area contributed by atoms with Crippen LogP contribution in [0.2, 0.25) is 0 Å². The van der Waals surface area contributed by atoms with Crippen molar-refractivity contribution in [3.63, 3.8) is 0 Å². The van der Waals surface area contributed by atoms with Crippen LogP contribution in [0.15, 0.2) is 122 Å². The van der Waals surface area contributed by atoms with Crippen molar-refractivity contribution in [2.75, 3.05) is 13.2 Å². The molecule has 8 unspecified atom stereocenters. The molecule has 74 heavy (non-hydrogen) atoms. The zero-order valence-electron chi connectivity index (χ0n) is 46.2. The topological polar surface area (TPSA) is 175 Å². The van der Waals surface area contributed by atoms with Crippen molar-refractivity contribution in [3.8, 4) is 0 Å². The second-order valence-electron chi connectivity index (χ2n) is 19.3. The highest BCUT2D eigenvalue weighted by molar-refractivity contribution is 5.80. The van der Waals surface area contributed by atoms with Gasteiger partial charge >= 0.3 is 5.97 Å². The van der Waals surface area contributed by atoms with Gasteiger partial charge in [0.15, 0.2) is 12.4 Å². The number of carbonyl (C=O) groups is 2. The molecule has 420 valence electrons. The molecule has 1 rings (SSSR count). The number of nitrogens with one attached hydrogen (secondary N) is 1. The number of aliphatic hydroxyl groups excluding tert-OH is 5. The molecular weight excluding hydrogens is 931 g/mol. The van der Waals surface area contributed by atoms with E-state index in [9.17, 15) is 35.1 Å². The third-order valence-electron chi connectivity index (χ3n) is 12.7. The number of ether oxygens (including phenoxy) is 3. The van der Waals surface area contributed by atoms with Crippen molar-refractivity contribution >= 4 is 11.9 Å². The molecule has 0 bridgehead atoms. The summed E-state index contributed by atoms with van der Waals surface area (Å²) in [5, 5.41) is 56.7. The SMILES string of the molecule is CC/C=C\C/C=C\C/C=C\C/C=C\C/C=C\CCCCCCCC(=O)OC1C(OCC(NC(=O)C(O)CCCC\C=C/C=C\C=C\C=C\CC)C(O)/C=C/CCCCCCCCCCCC)OC(CO)C(O)C1O. The van der Waals surface area contributed by atoms with E-state index in [0.29, 0.717) is 12.8 Å². The van der Waals surface area contributed by atoms with Crippen LogP contribution in [0.4, 0.5) is 0 Å². The third kappa shape index (κ3) is 37.7. The third-order valence-corrected chi connectivity index (χ3v) is 12.7. The van der Waals surface area contributed by atoms with Gasteiger partial charge in [0.2, 0.25) is 5.91 Å². The Balaban J connectivity index is 2.73. The number of hydrogen-bond donors (Lipinski definition) is 6. The van der Waals surface area contributed by atoms with Gasteiger partial charge in [-0.25, -0.2) is 0 Å². The molecule has 1 heterocycles. The van der Waals surface area contributed by atoms with Crippen LogP contribution < -0.4 is 5.32 Å². The Morgan fingerprint density at radius 2 is 1.04 bits per heavy atom. The minimum absolute atomic E-state index is 0.0888. The highest BCUT2D eigenvalue weighted by Gasteiger charge is 2.47. The monoisotopic (exact) mass is 1030 g/mol. The lowest BCUT2D eigenvalue weighted by Crippen LogP contribution is -2.61. The lowest BCUT2D eigenvalue weighted by Gasteiger charge is -2.41. The first kappa shape index (κ1) is 68.1. The number of amides is 1. The van der Waals surface area contributed by atoms with Gasteiger partial charge in [0.05, 0.1) is 25.4 Å². The number of carbonyl (C=O) groups excluding carboxylic acids is 2. The molecule has 1 saturated heterocycles. The summed E-state index contributed by atoms with van der Waals surface area (Å²) in [5.41, 5.74) is 0. The van der Waals surface area contributed by atoms with Gasteiger partial charge in [-0.05, 0) is 89.9 Å². The van der Waals surface area contributed by atoms with Crippen molar-refractivity contribution in [3.05, 3.63) is 122 Å². The van der Waals surface area contributed by atoms with Gasteiger partial charge < -0.3 is 45.1 Å². The highest BCUT2D eigenvalue weighted by Crippen LogP contribution is 2.26. The van der Waals surface area contributed by atoms with Gasteiger partial charge in [-0.15, -0.1) is 0 Å². The van der Waals surface area contributed by atoms with Crippen molar-refractivity contribution in [1.29, 1.82) is 0 Å². The Bertz CT molecular complexity index is 1660. The van der Waals surface area contributed by atoms with Crippen LogP contribution in [0.5, 0.6) is 0 Å². The smallest absolute Gasteiger partial charge is 0.306 e. The van der Waals surface area contributed by atoms with E-state index in [0.717, 1.165) is 109 Å². The molecule has 1 aliphatic rings. The van der Waals surface area contributed by atoms with Gasteiger partial charge in [0.25, 0.3) is 0 Å². The minimum atomic E-state index is -1.64. The van der Waals surface area contributed by atoms with Crippen LogP contribution in [0, 0.1) is 0 Å². The van der Waals surface area contributed by atoms with Crippen LogP contribution in [0.1, 0.15) is 201 Å². The Morgan fingerprint density at radius 3 is 1.62 bits per heavy atom. The average molecular weight is 1030 g/mol. The molecule has 8 atom stereocenters. The summed E-state index contributed by atoms with van der Waals surface area (Å²) in [6, 6.07) is -1.06. The Labute approximate surface area is 449 Å². The van der Waals surface area contributed by atoms with Crippen LogP contribution in [-0.2, 0) is 23.8 Å². The number of allylic oxidation sites excluding steroid dienone is 19. The van der Waals surface area contributed by atoms with Gasteiger partial charge in [0, 0.05) is 6.42 Å². The summed E-state index contributed by atoms with van der Waals surface area (Å²) in [4.78, 5) is 26.4. The summed E-state index contributed by atoms with van der Waals surface area (Å²) >= 11 is 0. The number of aliphatic hydroxyl groups is 5. The molecule has 0 aromatic rings. The summed E-state index contributed by atoms with van der Waals surface area (Å²) < 4.78 is 17.5. The standard InChI is InChI=1S/C63H103NO10/c1-4-7-10-13-16-19-22-25-26-27-28-29-30-31-32-33-36-39-42-45-48-51-58(68)74-61-60(70)59(69)57(52-65)73-63(61)72-53-54(55(66)49-46-43-40-37-34-23-20-17-14-11-8-5-2)64-62(71)56(67)50-47-44-41-38-35-24-21-18-15-12-9-6-3/h7,9-10,12,15-16,18-19,21,24-26,28-29,31-32,35,38,46,49,54-57,59-61,63,65-67,69-70H,4-6,8,11,13-14,17,20,22-23,27,30,33-34,36-37,39-45,47-48,50-53H2,1-3H3,(H,64,71)/b10-7-,12-9+,18-15+,19-16-,24-21-,26-25-,29-28-,32-31-,38-35-,49-46+. The maximum absolute atomic E-state index is 13.3. The van der Waals surface area contributed by atoms with E-state index in [4.69, 9.17) is 14.2 Å². The van der Waals surface area contributed by atoms with Crippen molar-refractivity contribution < 1.29 is 49.3 Å². The minimum Gasteiger partial charge on any atom is -0.454 e. The molecular formula is C63H103NO10. The molecule has 1 aliphatic heterocycles. The van der Waals surface area contributed by atoms with Crippen LogP contribution >= 0.6 is 0 Å². The molecule has 0 aromatic heterocycles. The fraction of sp³-hybridized carbons (Fsp3) is 0.651. The maximum Gasteiger partial charge on any atom is 0.306 e. The predicted molar refractivity (Wildman–Crippen MR) is 305 cm³/mol. The molecule has 6 N–H and O–H groups in total. The first-order valence-electron chi connectivity index (χ1n) is 28.9. The zero-order chi connectivity index (χ0) is 54.0. The predicted octanol–water partition coefficient (Wildman–Crippen LogP) is 13.1. The maximum atomic E-state index is 13.3. The molecule has 0 aromatic carbocycles. The fourth-order valence-electron chi connectivity index (χ4n) is 8.16. The van der Waals surface area contributed by atoms with Crippen LogP contribution in [-0.4, -0.2) is 99.6 Å². The number of hydrogen-bond acceptors (Lipinski definition) is 10. The molecule has 11 nitrogen and oxygen atoms in total. The van der Waals surface area contributed by atoms with E-state index in [1.54, 1.807) is 6.08 Å². The molecule has 1 fully saturated rings. The second-order valence-corrected chi connectivity index (χ2v) is 19.3. The van der Waals surface area contributed by atoms with E-state index < -0.39 is 67.4 Å². The first-order valence-corrected chi connectivity index (χ1v) is 28.9. The molecule has 0 saturated carbocycles. The van der Waals surface area contributed by atoms with Crippen LogP contribution in [0.25, 0.3) is 0 Å². The summed E-state index contributed by atoms with van der Waals surface area (Å²) in [6.07, 6.45) is 58.2. The normalized spacial score (nSPS) is 20.2. The van der Waals surface area contributed by atoms with E-state index in [2.05, 4.69) is 92.9 Å². The highest BCUT2D eigenvalue weighted by atomic mass is 16.7. The Kier molecular flexibility index (Phi) is 45.9. The number of esters is 1. The van der Waals surface area contributed by atoms with E-state index in [1.165, 1.54) is 44.9 Å². The van der Waals surface area contributed by atoms with Crippen molar-refractivity contribution in [1.82, 2.24) is 5.32 Å². The average Bonchev–Trinajstić information content (AvgIpc) is 3.40. The van der Waals surface area contributed by atoms with Crippen LogP contribution in [0.3, 0.4) is 0 Å². The Morgan fingerprint density at radius 1 is 0.554 bits per heavy atom.